The summed E-state index contributed by atoms with van der Waals surface area (Å²) in [5.74, 6) is 1.98. The topological polar surface area (TPSA) is 50.1 Å². The van der Waals surface area contributed by atoms with Gasteiger partial charge in [0.15, 0.2) is 5.82 Å². The first-order chi connectivity index (χ1) is 17.8. The largest absolute Gasteiger partial charge is 0.362 e. The molecule has 2 aliphatic heterocycles. The van der Waals surface area contributed by atoms with Gasteiger partial charge >= 0.3 is 0 Å². The van der Waals surface area contributed by atoms with Crippen molar-refractivity contribution in [1.29, 1.82) is 0 Å². The SMILES string of the molecule is Cc1nnc2n1-c1ccccc1N(CCCN1CCC(=C(c3ccccc3)c3ccccn3)CC1)C2. The molecule has 0 unspecified atom stereocenters. The van der Waals surface area contributed by atoms with E-state index in [0.717, 1.165) is 69.3 Å². The zero-order valence-corrected chi connectivity index (χ0v) is 20.8. The highest BCUT2D eigenvalue weighted by atomic mass is 15.3. The molecular weight excluding hydrogens is 444 g/mol. The Labute approximate surface area is 212 Å². The van der Waals surface area contributed by atoms with Crippen LogP contribution in [0.15, 0.2) is 84.6 Å². The number of benzene rings is 2. The third kappa shape index (κ3) is 4.44. The Balaban J connectivity index is 1.11. The summed E-state index contributed by atoms with van der Waals surface area (Å²) in [7, 11) is 0. The van der Waals surface area contributed by atoms with Crippen LogP contribution in [-0.4, -0.2) is 50.8 Å². The van der Waals surface area contributed by atoms with Gasteiger partial charge in [-0.1, -0.05) is 54.1 Å². The normalized spacial score (nSPS) is 15.5. The molecule has 0 amide bonds. The number of rotatable bonds is 6. The van der Waals surface area contributed by atoms with Gasteiger partial charge in [-0.2, -0.15) is 0 Å². The lowest BCUT2D eigenvalue weighted by Gasteiger charge is -2.33. The molecule has 0 aliphatic carbocycles. The van der Waals surface area contributed by atoms with E-state index in [1.54, 1.807) is 0 Å². The van der Waals surface area contributed by atoms with Crippen molar-refractivity contribution >= 4 is 11.3 Å². The lowest BCUT2D eigenvalue weighted by atomic mass is 9.90. The molecule has 2 aromatic carbocycles. The number of nitrogens with zero attached hydrogens (tertiary/aromatic N) is 6. The van der Waals surface area contributed by atoms with Gasteiger partial charge in [-0.3, -0.25) is 9.55 Å². The summed E-state index contributed by atoms with van der Waals surface area (Å²) < 4.78 is 2.19. The van der Waals surface area contributed by atoms with Crippen LogP contribution in [0.25, 0.3) is 11.3 Å². The average molecular weight is 477 g/mol. The second-order valence-electron chi connectivity index (χ2n) is 9.66. The first-order valence-corrected chi connectivity index (χ1v) is 12.9. The molecule has 6 rings (SSSR count). The molecule has 2 aliphatic rings. The van der Waals surface area contributed by atoms with Gasteiger partial charge in [0.25, 0.3) is 0 Å². The molecule has 1 fully saturated rings. The molecule has 6 nitrogen and oxygen atoms in total. The van der Waals surface area contributed by atoms with E-state index in [9.17, 15) is 0 Å². The predicted octanol–water partition coefficient (Wildman–Crippen LogP) is 5.28. The Kier molecular flexibility index (Phi) is 6.35. The quantitative estimate of drug-likeness (QED) is 0.379. The van der Waals surface area contributed by atoms with Gasteiger partial charge in [-0.05, 0) is 62.6 Å². The lowest BCUT2D eigenvalue weighted by Crippen LogP contribution is -2.35. The van der Waals surface area contributed by atoms with Crippen LogP contribution in [0.5, 0.6) is 0 Å². The molecule has 0 bridgehead atoms. The zero-order chi connectivity index (χ0) is 24.3. The van der Waals surface area contributed by atoms with E-state index in [4.69, 9.17) is 4.98 Å². The number of pyridine rings is 1. The van der Waals surface area contributed by atoms with E-state index in [0.29, 0.717) is 0 Å². The fourth-order valence-corrected chi connectivity index (χ4v) is 5.63. The van der Waals surface area contributed by atoms with Gasteiger partial charge in [-0.15, -0.1) is 10.2 Å². The van der Waals surface area contributed by atoms with Crippen LogP contribution in [0.1, 0.15) is 42.2 Å². The number of aromatic nitrogens is 4. The number of hydrogen-bond acceptors (Lipinski definition) is 5. The van der Waals surface area contributed by atoms with Gasteiger partial charge in [0.2, 0.25) is 0 Å². The van der Waals surface area contributed by atoms with Crippen molar-refractivity contribution < 1.29 is 0 Å². The van der Waals surface area contributed by atoms with Crippen molar-refractivity contribution in [2.75, 3.05) is 31.1 Å². The smallest absolute Gasteiger partial charge is 0.157 e. The number of para-hydroxylation sites is 2. The fourth-order valence-electron chi connectivity index (χ4n) is 5.63. The van der Waals surface area contributed by atoms with Crippen LogP contribution < -0.4 is 4.90 Å². The van der Waals surface area contributed by atoms with Crippen molar-refractivity contribution in [1.82, 2.24) is 24.6 Å². The van der Waals surface area contributed by atoms with Crippen molar-refractivity contribution in [2.45, 2.75) is 32.7 Å². The molecule has 182 valence electrons. The molecule has 6 heteroatoms. The number of anilines is 1. The van der Waals surface area contributed by atoms with Gasteiger partial charge < -0.3 is 9.80 Å². The molecule has 4 heterocycles. The van der Waals surface area contributed by atoms with E-state index in [1.807, 2.05) is 19.2 Å². The summed E-state index contributed by atoms with van der Waals surface area (Å²) in [4.78, 5) is 9.78. The molecule has 36 heavy (non-hydrogen) atoms. The summed E-state index contributed by atoms with van der Waals surface area (Å²) in [5, 5.41) is 8.75. The highest BCUT2D eigenvalue weighted by Gasteiger charge is 2.25. The Morgan fingerprint density at radius 2 is 1.56 bits per heavy atom. The van der Waals surface area contributed by atoms with Crippen LogP contribution in [0, 0.1) is 6.92 Å². The highest BCUT2D eigenvalue weighted by molar-refractivity contribution is 5.80. The second kappa shape index (κ2) is 10.1. The van der Waals surface area contributed by atoms with Crippen molar-refractivity contribution in [3.8, 4) is 5.69 Å². The minimum absolute atomic E-state index is 0.815. The number of aryl methyl sites for hydroxylation is 1. The standard InChI is InChI=1S/C30H32N6/c1-23-32-33-29-22-35(27-13-5-6-14-28(27)36(23)29)19-9-18-34-20-15-25(16-21-34)30(24-10-3-2-4-11-24)26-12-7-8-17-31-26/h2-8,10-14,17H,9,15-16,18-22H2,1H3. The first-order valence-electron chi connectivity index (χ1n) is 12.9. The van der Waals surface area contributed by atoms with Crippen LogP contribution in [-0.2, 0) is 6.54 Å². The highest BCUT2D eigenvalue weighted by Crippen LogP contribution is 2.33. The molecule has 0 saturated carbocycles. The maximum Gasteiger partial charge on any atom is 0.157 e. The van der Waals surface area contributed by atoms with Gasteiger partial charge in [-0.25, -0.2) is 0 Å². The Hall–Kier alpha value is -3.77. The third-order valence-electron chi connectivity index (χ3n) is 7.39. The summed E-state index contributed by atoms with van der Waals surface area (Å²) in [5.41, 5.74) is 7.66. The Morgan fingerprint density at radius 3 is 2.33 bits per heavy atom. The minimum Gasteiger partial charge on any atom is -0.362 e. The molecule has 0 radical (unpaired) electrons. The maximum absolute atomic E-state index is 4.70. The van der Waals surface area contributed by atoms with Crippen LogP contribution >= 0.6 is 0 Å². The van der Waals surface area contributed by atoms with E-state index in [-0.39, 0.29) is 0 Å². The maximum atomic E-state index is 4.70. The summed E-state index contributed by atoms with van der Waals surface area (Å²) in [6, 6.07) is 25.6. The van der Waals surface area contributed by atoms with Crippen molar-refractivity contribution in [2.24, 2.45) is 0 Å². The summed E-state index contributed by atoms with van der Waals surface area (Å²) in [6.07, 6.45) is 5.22. The van der Waals surface area contributed by atoms with E-state index in [2.05, 4.69) is 91.3 Å². The van der Waals surface area contributed by atoms with Crippen molar-refractivity contribution in [3.05, 3.63) is 107 Å². The van der Waals surface area contributed by atoms with Crippen LogP contribution in [0.3, 0.4) is 0 Å². The summed E-state index contributed by atoms with van der Waals surface area (Å²) in [6.45, 7) is 7.17. The van der Waals surface area contributed by atoms with E-state index in [1.165, 1.54) is 28.1 Å². The predicted molar refractivity (Wildman–Crippen MR) is 144 cm³/mol. The molecule has 0 atom stereocenters. The number of piperidine rings is 1. The molecule has 1 saturated heterocycles. The van der Waals surface area contributed by atoms with Crippen molar-refractivity contribution in [3.63, 3.8) is 0 Å². The fraction of sp³-hybridized carbons (Fsp3) is 0.300. The monoisotopic (exact) mass is 476 g/mol. The van der Waals surface area contributed by atoms with Crippen LogP contribution in [0.2, 0.25) is 0 Å². The first kappa shape index (κ1) is 22.7. The zero-order valence-electron chi connectivity index (χ0n) is 20.8. The van der Waals surface area contributed by atoms with Gasteiger partial charge in [0, 0.05) is 31.4 Å². The van der Waals surface area contributed by atoms with E-state index >= 15 is 0 Å². The van der Waals surface area contributed by atoms with Gasteiger partial charge in [0.1, 0.15) is 5.82 Å². The van der Waals surface area contributed by atoms with E-state index < -0.39 is 0 Å². The second-order valence-corrected chi connectivity index (χ2v) is 9.66. The number of likely N-dealkylation sites (tertiary alicyclic amines) is 1. The summed E-state index contributed by atoms with van der Waals surface area (Å²) >= 11 is 0. The molecule has 0 spiro atoms. The molecule has 0 N–H and O–H groups in total. The Bertz CT molecular complexity index is 1310. The molecular formula is C30H32N6. The lowest BCUT2D eigenvalue weighted by molar-refractivity contribution is 0.254. The van der Waals surface area contributed by atoms with Crippen LogP contribution in [0.4, 0.5) is 5.69 Å². The number of hydrogen-bond donors (Lipinski definition) is 0. The minimum atomic E-state index is 0.815. The molecule has 2 aromatic heterocycles. The van der Waals surface area contributed by atoms with Gasteiger partial charge in [0.05, 0.1) is 23.6 Å². The molecule has 4 aromatic rings. The average Bonchev–Trinajstić information content (AvgIpc) is 3.31. The number of fused-ring (bicyclic) bond motifs is 3. The third-order valence-corrected chi connectivity index (χ3v) is 7.39. The Morgan fingerprint density at radius 1 is 0.806 bits per heavy atom.